The largest absolute Gasteiger partial charge is 0.398 e. The van der Waals surface area contributed by atoms with Gasteiger partial charge in [0, 0.05) is 11.4 Å². The van der Waals surface area contributed by atoms with Gasteiger partial charge in [0.2, 0.25) is 5.91 Å². The van der Waals surface area contributed by atoms with Gasteiger partial charge in [-0.1, -0.05) is 18.2 Å². The maximum atomic E-state index is 11.9. The van der Waals surface area contributed by atoms with Gasteiger partial charge in [0.15, 0.2) is 0 Å². The Labute approximate surface area is 111 Å². The van der Waals surface area contributed by atoms with Crippen LogP contribution in [0, 0.1) is 11.3 Å². The number of carbonyl (C=O) groups is 1. The van der Waals surface area contributed by atoms with Crippen molar-refractivity contribution in [2.75, 3.05) is 11.1 Å². The number of rotatable bonds is 3. The van der Waals surface area contributed by atoms with E-state index in [1.807, 2.05) is 24.3 Å². The summed E-state index contributed by atoms with van der Waals surface area (Å²) in [4.78, 5) is 11.9. The maximum absolute atomic E-state index is 11.9. The van der Waals surface area contributed by atoms with Crippen LogP contribution in [0.5, 0.6) is 0 Å². The Morgan fingerprint density at radius 3 is 2.47 bits per heavy atom. The van der Waals surface area contributed by atoms with Gasteiger partial charge < -0.3 is 11.1 Å². The highest BCUT2D eigenvalue weighted by atomic mass is 16.1. The normalized spacial score (nSPS) is 9.63. The molecule has 0 atom stereocenters. The zero-order valence-electron chi connectivity index (χ0n) is 10.3. The number of nitriles is 1. The van der Waals surface area contributed by atoms with E-state index in [0.717, 1.165) is 5.56 Å². The molecule has 2 rings (SSSR count). The van der Waals surface area contributed by atoms with Crippen LogP contribution in [0.3, 0.4) is 0 Å². The summed E-state index contributed by atoms with van der Waals surface area (Å²) >= 11 is 0. The first kappa shape index (κ1) is 12.7. The summed E-state index contributed by atoms with van der Waals surface area (Å²) in [5, 5.41) is 11.4. The van der Waals surface area contributed by atoms with Gasteiger partial charge in [0.05, 0.1) is 18.1 Å². The molecule has 2 aromatic carbocycles. The number of para-hydroxylation sites is 1. The molecule has 0 saturated heterocycles. The Kier molecular flexibility index (Phi) is 3.79. The minimum atomic E-state index is -0.136. The van der Waals surface area contributed by atoms with Crippen LogP contribution >= 0.6 is 0 Å². The molecule has 1 amide bonds. The molecule has 0 saturated carbocycles. The van der Waals surface area contributed by atoms with Crippen LogP contribution in [0.1, 0.15) is 11.1 Å². The van der Waals surface area contributed by atoms with Crippen molar-refractivity contribution in [1.82, 2.24) is 0 Å². The molecule has 0 bridgehead atoms. The molecule has 0 radical (unpaired) electrons. The van der Waals surface area contributed by atoms with Gasteiger partial charge in [0.1, 0.15) is 0 Å². The third-order valence-corrected chi connectivity index (χ3v) is 2.70. The third kappa shape index (κ3) is 3.33. The van der Waals surface area contributed by atoms with E-state index in [1.165, 1.54) is 0 Å². The predicted molar refractivity (Wildman–Crippen MR) is 74.3 cm³/mol. The van der Waals surface area contributed by atoms with Crippen molar-refractivity contribution < 1.29 is 4.79 Å². The van der Waals surface area contributed by atoms with Crippen molar-refractivity contribution >= 4 is 17.3 Å². The number of hydrogen-bond donors (Lipinski definition) is 2. The summed E-state index contributed by atoms with van der Waals surface area (Å²) in [6, 6.07) is 16.0. The summed E-state index contributed by atoms with van der Waals surface area (Å²) in [5.41, 5.74) is 8.42. The minimum absolute atomic E-state index is 0.136. The monoisotopic (exact) mass is 251 g/mol. The van der Waals surface area contributed by atoms with Gasteiger partial charge in [-0.25, -0.2) is 0 Å². The average molecular weight is 251 g/mol. The maximum Gasteiger partial charge on any atom is 0.228 e. The highest BCUT2D eigenvalue weighted by Crippen LogP contribution is 2.13. The topological polar surface area (TPSA) is 78.9 Å². The molecular weight excluding hydrogens is 238 g/mol. The highest BCUT2D eigenvalue weighted by molar-refractivity contribution is 5.93. The fraction of sp³-hybridized carbons (Fsp3) is 0.0667. The number of nitrogens with zero attached hydrogens (tertiary/aromatic N) is 1. The molecule has 94 valence electrons. The second kappa shape index (κ2) is 5.69. The van der Waals surface area contributed by atoms with E-state index in [4.69, 9.17) is 11.0 Å². The van der Waals surface area contributed by atoms with Crippen LogP contribution in [0.2, 0.25) is 0 Å². The molecule has 0 aliphatic rings. The van der Waals surface area contributed by atoms with Crippen molar-refractivity contribution in [3.05, 3.63) is 59.7 Å². The van der Waals surface area contributed by atoms with Crippen molar-refractivity contribution in [2.24, 2.45) is 0 Å². The summed E-state index contributed by atoms with van der Waals surface area (Å²) in [6.07, 6.45) is 0.229. The van der Waals surface area contributed by atoms with E-state index >= 15 is 0 Å². The standard InChI is InChI=1S/C15H13N3O/c16-10-11-5-7-13(8-6-11)18-15(19)9-12-3-1-2-4-14(12)17/h1-8H,9,17H2,(H,18,19). The third-order valence-electron chi connectivity index (χ3n) is 2.70. The number of nitrogens with two attached hydrogens (primary N) is 1. The number of benzene rings is 2. The zero-order valence-corrected chi connectivity index (χ0v) is 10.3. The molecule has 0 aliphatic heterocycles. The lowest BCUT2D eigenvalue weighted by Gasteiger charge is -2.07. The predicted octanol–water partition coefficient (Wildman–Crippen LogP) is 2.32. The number of hydrogen-bond acceptors (Lipinski definition) is 3. The lowest BCUT2D eigenvalue weighted by molar-refractivity contribution is -0.115. The average Bonchev–Trinajstić information content (AvgIpc) is 2.42. The number of anilines is 2. The quantitative estimate of drug-likeness (QED) is 0.821. The second-order valence-electron chi connectivity index (χ2n) is 4.11. The molecule has 3 N–H and O–H groups in total. The number of amides is 1. The Hall–Kier alpha value is -2.80. The summed E-state index contributed by atoms with van der Waals surface area (Å²) in [7, 11) is 0. The molecular formula is C15H13N3O. The van der Waals surface area contributed by atoms with E-state index in [-0.39, 0.29) is 12.3 Å². The molecule has 0 heterocycles. The molecule has 0 fully saturated rings. The SMILES string of the molecule is N#Cc1ccc(NC(=O)Cc2ccccc2N)cc1. The van der Waals surface area contributed by atoms with Crippen LogP contribution < -0.4 is 11.1 Å². The molecule has 4 nitrogen and oxygen atoms in total. The van der Waals surface area contributed by atoms with Gasteiger partial charge in [-0.2, -0.15) is 5.26 Å². The molecule has 0 unspecified atom stereocenters. The van der Waals surface area contributed by atoms with Gasteiger partial charge in [0.25, 0.3) is 0 Å². The van der Waals surface area contributed by atoms with Crippen molar-refractivity contribution in [3.8, 4) is 6.07 Å². The molecule has 4 heteroatoms. The number of nitrogen functional groups attached to an aromatic ring is 1. The van der Waals surface area contributed by atoms with Gasteiger partial charge in [-0.05, 0) is 35.9 Å². The lowest BCUT2D eigenvalue weighted by atomic mass is 10.1. The first-order chi connectivity index (χ1) is 9.19. The first-order valence-electron chi connectivity index (χ1n) is 5.82. The van der Waals surface area contributed by atoms with Gasteiger partial charge in [-0.15, -0.1) is 0 Å². The van der Waals surface area contributed by atoms with E-state index in [9.17, 15) is 4.79 Å². The van der Waals surface area contributed by atoms with Crippen molar-refractivity contribution in [2.45, 2.75) is 6.42 Å². The van der Waals surface area contributed by atoms with Crippen molar-refractivity contribution in [1.29, 1.82) is 5.26 Å². The van der Waals surface area contributed by atoms with E-state index in [1.54, 1.807) is 30.3 Å². The Morgan fingerprint density at radius 1 is 1.16 bits per heavy atom. The molecule has 0 aliphatic carbocycles. The summed E-state index contributed by atoms with van der Waals surface area (Å²) < 4.78 is 0. The number of carbonyl (C=O) groups excluding carboxylic acids is 1. The van der Waals surface area contributed by atoms with Crippen LogP contribution in [0.4, 0.5) is 11.4 Å². The smallest absolute Gasteiger partial charge is 0.228 e. The number of nitrogens with one attached hydrogen (secondary N) is 1. The van der Waals surface area contributed by atoms with E-state index in [2.05, 4.69) is 5.32 Å². The highest BCUT2D eigenvalue weighted by Gasteiger charge is 2.06. The molecule has 19 heavy (non-hydrogen) atoms. The molecule has 0 spiro atoms. The van der Waals surface area contributed by atoms with E-state index in [0.29, 0.717) is 16.9 Å². The van der Waals surface area contributed by atoms with Crippen molar-refractivity contribution in [3.63, 3.8) is 0 Å². The molecule has 2 aromatic rings. The van der Waals surface area contributed by atoms with Crippen LogP contribution in [-0.4, -0.2) is 5.91 Å². The lowest BCUT2D eigenvalue weighted by Crippen LogP contribution is -2.15. The van der Waals surface area contributed by atoms with Crippen LogP contribution in [0.25, 0.3) is 0 Å². The van der Waals surface area contributed by atoms with Crippen LogP contribution in [-0.2, 0) is 11.2 Å². The first-order valence-corrected chi connectivity index (χ1v) is 5.82. The zero-order chi connectivity index (χ0) is 13.7. The van der Waals surface area contributed by atoms with Gasteiger partial charge >= 0.3 is 0 Å². The summed E-state index contributed by atoms with van der Waals surface area (Å²) in [5.74, 6) is -0.136. The van der Waals surface area contributed by atoms with E-state index < -0.39 is 0 Å². The Bertz CT molecular complexity index is 627. The van der Waals surface area contributed by atoms with Crippen LogP contribution in [0.15, 0.2) is 48.5 Å². The second-order valence-corrected chi connectivity index (χ2v) is 4.11. The Balaban J connectivity index is 2.01. The fourth-order valence-corrected chi connectivity index (χ4v) is 1.70. The Morgan fingerprint density at radius 2 is 1.84 bits per heavy atom. The summed E-state index contributed by atoms with van der Waals surface area (Å²) in [6.45, 7) is 0. The molecule has 0 aromatic heterocycles. The fourth-order valence-electron chi connectivity index (χ4n) is 1.70. The van der Waals surface area contributed by atoms with Gasteiger partial charge in [-0.3, -0.25) is 4.79 Å². The minimum Gasteiger partial charge on any atom is -0.398 e.